The lowest BCUT2D eigenvalue weighted by Crippen LogP contribution is -1.89. The van der Waals surface area contributed by atoms with Crippen LogP contribution >= 0.6 is 23.4 Å². The summed E-state index contributed by atoms with van der Waals surface area (Å²) in [5.74, 6) is 0. The summed E-state index contributed by atoms with van der Waals surface area (Å²) in [7, 11) is 0. The summed E-state index contributed by atoms with van der Waals surface area (Å²) in [4.78, 5) is 1.08. The normalized spacial score (nSPS) is 10.1. The fourth-order valence-corrected chi connectivity index (χ4v) is 1.78. The molecule has 1 rings (SSSR count). The van der Waals surface area contributed by atoms with E-state index in [9.17, 15) is 0 Å². The van der Waals surface area contributed by atoms with E-state index in [1.165, 1.54) is 0 Å². The molecule has 0 unspecified atom stereocenters. The zero-order valence-corrected chi connectivity index (χ0v) is 8.09. The molecule has 0 aliphatic heterocycles. The minimum atomic E-state index is 0.737. The van der Waals surface area contributed by atoms with Gasteiger partial charge in [0.15, 0.2) is 0 Å². The molecule has 60 valence electrons. The predicted molar refractivity (Wildman–Crippen MR) is 52.4 cm³/mol. The van der Waals surface area contributed by atoms with Crippen molar-refractivity contribution in [1.29, 1.82) is 0 Å². The Morgan fingerprint density at radius 3 is 2.64 bits per heavy atom. The van der Waals surface area contributed by atoms with Crippen LogP contribution in [-0.4, -0.2) is 6.26 Å². The maximum atomic E-state index is 5.90. The lowest BCUT2D eigenvalue weighted by molar-refractivity contribution is 1.37. The van der Waals surface area contributed by atoms with E-state index in [0.717, 1.165) is 21.2 Å². The molecule has 0 aliphatic carbocycles. The summed E-state index contributed by atoms with van der Waals surface area (Å²) in [5.41, 5.74) is 7.49. The van der Waals surface area contributed by atoms with Gasteiger partial charge in [0.1, 0.15) is 0 Å². The van der Waals surface area contributed by atoms with E-state index in [2.05, 4.69) is 0 Å². The number of aryl methyl sites for hydroxylation is 1. The second-order valence-corrected chi connectivity index (χ2v) is 3.60. The third-order valence-corrected chi connectivity index (χ3v) is 2.74. The number of nitrogen functional groups attached to an aromatic ring is 1. The third kappa shape index (κ3) is 1.82. The van der Waals surface area contributed by atoms with Gasteiger partial charge in [0.2, 0.25) is 0 Å². The Morgan fingerprint density at radius 1 is 1.45 bits per heavy atom. The van der Waals surface area contributed by atoms with Crippen molar-refractivity contribution in [3.8, 4) is 0 Å². The summed E-state index contributed by atoms with van der Waals surface area (Å²) in [6.07, 6.45) is 2.00. The van der Waals surface area contributed by atoms with Crippen LogP contribution in [0.5, 0.6) is 0 Å². The number of thioether (sulfide) groups is 1. The monoisotopic (exact) mass is 187 g/mol. The molecule has 0 saturated carbocycles. The van der Waals surface area contributed by atoms with Crippen molar-refractivity contribution in [2.75, 3.05) is 12.0 Å². The molecule has 3 heteroatoms. The molecule has 0 spiro atoms. The van der Waals surface area contributed by atoms with Crippen LogP contribution in [0, 0.1) is 6.92 Å². The first-order chi connectivity index (χ1) is 5.15. The van der Waals surface area contributed by atoms with Gasteiger partial charge in [-0.2, -0.15) is 0 Å². The second kappa shape index (κ2) is 3.37. The van der Waals surface area contributed by atoms with E-state index < -0.39 is 0 Å². The SMILES string of the molecule is CSc1cc(C)c(N)cc1Cl. The largest absolute Gasteiger partial charge is 0.398 e. The van der Waals surface area contributed by atoms with Crippen molar-refractivity contribution < 1.29 is 0 Å². The predicted octanol–water partition coefficient (Wildman–Crippen LogP) is 2.95. The molecule has 1 nitrogen and oxygen atoms in total. The number of hydrogen-bond acceptors (Lipinski definition) is 2. The lowest BCUT2D eigenvalue weighted by Gasteiger charge is -2.04. The number of hydrogen-bond donors (Lipinski definition) is 1. The molecular formula is C8H10ClNS. The van der Waals surface area contributed by atoms with Crippen molar-refractivity contribution in [2.45, 2.75) is 11.8 Å². The van der Waals surface area contributed by atoms with E-state index >= 15 is 0 Å². The molecule has 0 aromatic heterocycles. The minimum Gasteiger partial charge on any atom is -0.398 e. The maximum Gasteiger partial charge on any atom is 0.0562 e. The smallest absolute Gasteiger partial charge is 0.0562 e. The first kappa shape index (κ1) is 8.75. The molecule has 0 aliphatic rings. The molecular weight excluding hydrogens is 178 g/mol. The Bertz CT molecular complexity index is 273. The van der Waals surface area contributed by atoms with E-state index in [1.54, 1.807) is 17.8 Å². The molecule has 1 aromatic rings. The molecule has 0 heterocycles. The molecule has 2 N–H and O–H groups in total. The summed E-state index contributed by atoms with van der Waals surface area (Å²) >= 11 is 7.53. The molecule has 0 radical (unpaired) electrons. The van der Waals surface area contributed by atoms with E-state index in [1.807, 2.05) is 19.2 Å². The number of anilines is 1. The van der Waals surface area contributed by atoms with Crippen LogP contribution in [0.15, 0.2) is 17.0 Å². The molecule has 0 bridgehead atoms. The van der Waals surface area contributed by atoms with Gasteiger partial charge in [-0.25, -0.2) is 0 Å². The van der Waals surface area contributed by atoms with Gasteiger partial charge in [0.05, 0.1) is 5.02 Å². The van der Waals surface area contributed by atoms with Crippen molar-refractivity contribution in [3.63, 3.8) is 0 Å². The van der Waals surface area contributed by atoms with E-state index in [4.69, 9.17) is 17.3 Å². The first-order valence-corrected chi connectivity index (χ1v) is 4.85. The maximum absolute atomic E-state index is 5.90. The highest BCUT2D eigenvalue weighted by molar-refractivity contribution is 7.98. The van der Waals surface area contributed by atoms with Gasteiger partial charge < -0.3 is 5.73 Å². The number of benzene rings is 1. The molecule has 0 amide bonds. The fourth-order valence-electron chi connectivity index (χ4n) is 0.827. The van der Waals surface area contributed by atoms with Crippen molar-refractivity contribution >= 4 is 29.1 Å². The molecule has 11 heavy (non-hydrogen) atoms. The van der Waals surface area contributed by atoms with Crippen LogP contribution in [0.4, 0.5) is 5.69 Å². The van der Waals surface area contributed by atoms with Crippen molar-refractivity contribution in [1.82, 2.24) is 0 Å². The summed E-state index contributed by atoms with van der Waals surface area (Å²) in [5, 5.41) is 0.737. The van der Waals surface area contributed by atoms with Gasteiger partial charge in [-0.1, -0.05) is 11.6 Å². The quantitative estimate of drug-likeness (QED) is 0.541. The Kier molecular flexibility index (Phi) is 2.68. The summed E-state index contributed by atoms with van der Waals surface area (Å²) < 4.78 is 0. The van der Waals surface area contributed by atoms with Crippen molar-refractivity contribution in [3.05, 3.63) is 22.7 Å². The molecule has 1 aromatic carbocycles. The Balaban J connectivity index is 3.21. The Morgan fingerprint density at radius 2 is 2.09 bits per heavy atom. The topological polar surface area (TPSA) is 26.0 Å². The average Bonchev–Trinajstić information content (AvgIpc) is 1.97. The van der Waals surface area contributed by atoms with Gasteiger partial charge in [-0.05, 0) is 30.9 Å². The van der Waals surface area contributed by atoms with Gasteiger partial charge >= 0.3 is 0 Å². The highest BCUT2D eigenvalue weighted by atomic mass is 35.5. The number of rotatable bonds is 1. The number of halogens is 1. The lowest BCUT2D eigenvalue weighted by atomic mass is 10.2. The van der Waals surface area contributed by atoms with Gasteiger partial charge in [-0.15, -0.1) is 11.8 Å². The van der Waals surface area contributed by atoms with Crippen LogP contribution in [0.3, 0.4) is 0 Å². The zero-order chi connectivity index (χ0) is 8.43. The highest BCUT2D eigenvalue weighted by Crippen LogP contribution is 2.29. The summed E-state index contributed by atoms with van der Waals surface area (Å²) in [6, 6.07) is 3.80. The standard InChI is InChI=1S/C8H10ClNS/c1-5-3-8(11-2)6(9)4-7(5)10/h3-4H,10H2,1-2H3. The van der Waals surface area contributed by atoms with Crippen LogP contribution in [-0.2, 0) is 0 Å². The van der Waals surface area contributed by atoms with Gasteiger partial charge in [-0.3, -0.25) is 0 Å². The van der Waals surface area contributed by atoms with E-state index in [-0.39, 0.29) is 0 Å². The number of nitrogens with two attached hydrogens (primary N) is 1. The molecule has 0 atom stereocenters. The first-order valence-electron chi connectivity index (χ1n) is 3.24. The van der Waals surface area contributed by atoms with Crippen LogP contribution in [0.25, 0.3) is 0 Å². The Labute approximate surface area is 75.9 Å². The van der Waals surface area contributed by atoms with E-state index in [0.29, 0.717) is 0 Å². The second-order valence-electron chi connectivity index (χ2n) is 2.34. The zero-order valence-electron chi connectivity index (χ0n) is 6.52. The molecule has 0 saturated heterocycles. The fraction of sp³-hybridized carbons (Fsp3) is 0.250. The van der Waals surface area contributed by atoms with Crippen LogP contribution in [0.1, 0.15) is 5.56 Å². The Hall–Kier alpha value is -0.340. The average molecular weight is 188 g/mol. The van der Waals surface area contributed by atoms with Crippen LogP contribution in [0.2, 0.25) is 5.02 Å². The van der Waals surface area contributed by atoms with Gasteiger partial charge in [0.25, 0.3) is 0 Å². The van der Waals surface area contributed by atoms with Crippen LogP contribution < -0.4 is 5.73 Å². The highest BCUT2D eigenvalue weighted by Gasteiger charge is 2.01. The molecule has 0 fully saturated rings. The minimum absolute atomic E-state index is 0.737. The summed E-state index contributed by atoms with van der Waals surface area (Å²) in [6.45, 7) is 1.98. The van der Waals surface area contributed by atoms with Crippen molar-refractivity contribution in [2.24, 2.45) is 0 Å². The third-order valence-electron chi connectivity index (χ3n) is 1.54. The van der Waals surface area contributed by atoms with Gasteiger partial charge in [0, 0.05) is 10.6 Å².